The van der Waals surface area contributed by atoms with Gasteiger partial charge in [0.2, 0.25) is 0 Å². The summed E-state index contributed by atoms with van der Waals surface area (Å²) in [6.45, 7) is 2.43. The van der Waals surface area contributed by atoms with E-state index >= 15 is 0 Å². The van der Waals surface area contributed by atoms with Crippen molar-refractivity contribution in [2.24, 2.45) is 5.10 Å². The molecule has 208 valence electrons. The van der Waals surface area contributed by atoms with Crippen molar-refractivity contribution in [1.82, 2.24) is 15.0 Å². The molecule has 11 heteroatoms. The van der Waals surface area contributed by atoms with E-state index in [1.807, 2.05) is 25.1 Å². The highest BCUT2D eigenvalue weighted by Gasteiger charge is 2.23. The minimum atomic E-state index is -0.319. The van der Waals surface area contributed by atoms with Gasteiger partial charge in [-0.25, -0.2) is 10.4 Å². The van der Waals surface area contributed by atoms with Crippen molar-refractivity contribution < 1.29 is 19.0 Å². The van der Waals surface area contributed by atoms with Crippen LogP contribution >= 0.6 is 23.1 Å². The van der Waals surface area contributed by atoms with Crippen molar-refractivity contribution in [2.75, 3.05) is 26.6 Å². The van der Waals surface area contributed by atoms with E-state index in [1.54, 1.807) is 54.4 Å². The Hall–Kier alpha value is -3.83. The fourth-order valence-corrected chi connectivity index (χ4v) is 6.73. The maximum atomic E-state index is 13.9. The number of aryl methyl sites for hydroxylation is 2. The Morgan fingerprint density at radius 3 is 2.67 bits per heavy atom. The smallest absolute Gasteiger partial charge is 0.267 e. The summed E-state index contributed by atoms with van der Waals surface area (Å²) in [5.41, 5.74) is 4.98. The minimum Gasteiger partial charge on any atom is -0.497 e. The number of amides is 1. The molecule has 0 bridgehead atoms. The van der Waals surface area contributed by atoms with Gasteiger partial charge < -0.3 is 14.2 Å². The lowest BCUT2D eigenvalue weighted by Crippen LogP contribution is -2.24. The number of fused-ring (bicyclic) bond motifs is 3. The Balaban J connectivity index is 1.37. The summed E-state index contributed by atoms with van der Waals surface area (Å²) in [4.78, 5) is 33.4. The van der Waals surface area contributed by atoms with Crippen molar-refractivity contribution >= 4 is 45.4 Å². The highest BCUT2D eigenvalue weighted by molar-refractivity contribution is 7.99. The van der Waals surface area contributed by atoms with Crippen LogP contribution in [0.15, 0.2) is 57.5 Å². The molecule has 0 saturated carbocycles. The minimum absolute atomic E-state index is 0.0309. The topological polar surface area (TPSA) is 104 Å². The molecule has 0 radical (unpaired) electrons. The molecular formula is C29H30N4O5S2. The van der Waals surface area contributed by atoms with Gasteiger partial charge in [0.1, 0.15) is 10.6 Å². The van der Waals surface area contributed by atoms with Gasteiger partial charge in [-0.05, 0) is 86.2 Å². The maximum absolute atomic E-state index is 13.9. The third-order valence-electron chi connectivity index (χ3n) is 6.51. The zero-order valence-electron chi connectivity index (χ0n) is 22.6. The van der Waals surface area contributed by atoms with E-state index in [2.05, 4.69) is 10.5 Å². The van der Waals surface area contributed by atoms with E-state index in [-0.39, 0.29) is 17.2 Å². The van der Waals surface area contributed by atoms with Crippen LogP contribution in [0.3, 0.4) is 0 Å². The number of rotatable bonds is 10. The molecule has 0 spiro atoms. The average Bonchev–Trinajstić information content (AvgIpc) is 3.36. The number of benzene rings is 2. The highest BCUT2D eigenvalue weighted by Crippen LogP contribution is 2.35. The lowest BCUT2D eigenvalue weighted by molar-refractivity contribution is -0.118. The highest BCUT2D eigenvalue weighted by atomic mass is 32.2. The standard InChI is InChI=1S/C29H30N4O5S2/c1-4-38-22-14-9-18(15-23(22)37-3)16-30-32-25(34)17-39-29-31-27-26(21-7-5-6-8-24(21)40-27)28(35)33(29)19-10-12-20(36-2)13-11-19/h9-16H,4-8,17H2,1-3H3,(H,32,34). The fourth-order valence-electron chi connectivity index (χ4n) is 4.62. The Kier molecular flexibility index (Phi) is 8.71. The molecule has 1 aliphatic rings. The van der Waals surface area contributed by atoms with Crippen LogP contribution in [0.2, 0.25) is 0 Å². The molecule has 4 aromatic rings. The summed E-state index contributed by atoms with van der Waals surface area (Å²) >= 11 is 2.79. The van der Waals surface area contributed by atoms with E-state index in [9.17, 15) is 9.59 Å². The lowest BCUT2D eigenvalue weighted by Gasteiger charge is -2.14. The molecule has 5 rings (SSSR count). The van der Waals surface area contributed by atoms with Gasteiger partial charge in [-0.15, -0.1) is 11.3 Å². The third kappa shape index (κ3) is 5.85. The summed E-state index contributed by atoms with van der Waals surface area (Å²) in [5.74, 6) is 1.63. The number of thiophene rings is 1. The van der Waals surface area contributed by atoms with E-state index < -0.39 is 0 Å². The van der Waals surface area contributed by atoms with Crippen molar-refractivity contribution in [3.05, 3.63) is 68.8 Å². The molecule has 40 heavy (non-hydrogen) atoms. The molecule has 0 atom stereocenters. The van der Waals surface area contributed by atoms with Crippen molar-refractivity contribution in [2.45, 2.75) is 37.8 Å². The Bertz CT molecular complexity index is 1610. The van der Waals surface area contributed by atoms with Crippen LogP contribution in [0.4, 0.5) is 0 Å². The zero-order chi connectivity index (χ0) is 28.1. The van der Waals surface area contributed by atoms with Crippen LogP contribution in [-0.4, -0.2) is 48.3 Å². The van der Waals surface area contributed by atoms with Gasteiger partial charge in [0.05, 0.1) is 43.9 Å². The van der Waals surface area contributed by atoms with Crippen LogP contribution < -0.4 is 25.2 Å². The SMILES string of the molecule is CCOc1ccc(C=NNC(=O)CSc2nc3sc4c(c3c(=O)n2-c2ccc(OC)cc2)CCCC4)cc1OC. The van der Waals surface area contributed by atoms with E-state index in [1.165, 1.54) is 22.9 Å². The molecule has 9 nitrogen and oxygen atoms in total. The van der Waals surface area contributed by atoms with E-state index in [4.69, 9.17) is 19.2 Å². The molecule has 0 unspecified atom stereocenters. The number of carbonyl (C=O) groups excluding carboxylic acids is 1. The molecule has 2 heterocycles. The van der Waals surface area contributed by atoms with Crippen molar-refractivity contribution in [3.63, 3.8) is 0 Å². The molecular weight excluding hydrogens is 548 g/mol. The summed E-state index contributed by atoms with van der Waals surface area (Å²) in [6, 6.07) is 12.7. The molecule has 1 aliphatic carbocycles. The molecule has 0 saturated heterocycles. The van der Waals surface area contributed by atoms with Gasteiger partial charge in [0, 0.05) is 4.88 Å². The molecule has 0 aliphatic heterocycles. The number of methoxy groups -OCH3 is 2. The van der Waals surface area contributed by atoms with Gasteiger partial charge in [0.25, 0.3) is 11.5 Å². The van der Waals surface area contributed by atoms with Crippen molar-refractivity contribution in [1.29, 1.82) is 0 Å². The van der Waals surface area contributed by atoms with E-state index in [0.29, 0.717) is 40.1 Å². The number of thioether (sulfide) groups is 1. The molecule has 2 aromatic carbocycles. The Morgan fingerprint density at radius 2 is 1.93 bits per heavy atom. The molecule has 2 aromatic heterocycles. The average molecular weight is 579 g/mol. The first-order valence-corrected chi connectivity index (χ1v) is 14.8. The summed E-state index contributed by atoms with van der Waals surface area (Å²) in [6.07, 6.45) is 5.59. The first-order valence-electron chi connectivity index (χ1n) is 13.0. The summed E-state index contributed by atoms with van der Waals surface area (Å²) < 4.78 is 17.8. The van der Waals surface area contributed by atoms with Gasteiger partial charge in [-0.2, -0.15) is 5.10 Å². The maximum Gasteiger partial charge on any atom is 0.267 e. The fraction of sp³-hybridized carbons (Fsp3) is 0.310. The van der Waals surface area contributed by atoms with Crippen LogP contribution in [0.25, 0.3) is 15.9 Å². The van der Waals surface area contributed by atoms with Crippen LogP contribution in [0, 0.1) is 0 Å². The van der Waals surface area contributed by atoms with Gasteiger partial charge in [-0.1, -0.05) is 11.8 Å². The number of ether oxygens (including phenoxy) is 3. The first-order chi connectivity index (χ1) is 19.5. The normalized spacial score (nSPS) is 12.9. The molecule has 1 amide bonds. The molecule has 0 fully saturated rings. The third-order valence-corrected chi connectivity index (χ3v) is 8.64. The molecule has 1 N–H and O–H groups in total. The monoisotopic (exact) mass is 578 g/mol. The second-order valence-electron chi connectivity index (χ2n) is 9.05. The number of carbonyl (C=O) groups is 1. The Labute approximate surface area is 240 Å². The first kappa shape index (κ1) is 27.7. The number of hydrogen-bond donors (Lipinski definition) is 1. The predicted molar refractivity (Wildman–Crippen MR) is 159 cm³/mol. The largest absolute Gasteiger partial charge is 0.497 e. The van der Waals surface area contributed by atoms with Crippen LogP contribution in [0.1, 0.15) is 35.8 Å². The van der Waals surface area contributed by atoms with Crippen LogP contribution in [0.5, 0.6) is 17.2 Å². The van der Waals surface area contributed by atoms with Crippen LogP contribution in [-0.2, 0) is 17.6 Å². The number of hydrogen-bond acceptors (Lipinski definition) is 9. The van der Waals surface area contributed by atoms with E-state index in [0.717, 1.165) is 41.6 Å². The zero-order valence-corrected chi connectivity index (χ0v) is 24.2. The number of nitrogens with zero attached hydrogens (tertiary/aromatic N) is 3. The van der Waals surface area contributed by atoms with Crippen molar-refractivity contribution in [3.8, 4) is 22.9 Å². The summed E-state index contributed by atoms with van der Waals surface area (Å²) in [5, 5.41) is 5.23. The number of nitrogens with one attached hydrogen (secondary N) is 1. The lowest BCUT2D eigenvalue weighted by atomic mass is 9.97. The van der Waals surface area contributed by atoms with Gasteiger partial charge >= 0.3 is 0 Å². The second-order valence-corrected chi connectivity index (χ2v) is 11.1. The summed E-state index contributed by atoms with van der Waals surface area (Å²) in [7, 11) is 3.17. The second kappa shape index (κ2) is 12.6. The predicted octanol–water partition coefficient (Wildman–Crippen LogP) is 4.98. The Morgan fingerprint density at radius 1 is 1.12 bits per heavy atom. The number of hydrazone groups is 1. The van der Waals surface area contributed by atoms with Gasteiger partial charge in [-0.3, -0.25) is 14.2 Å². The van der Waals surface area contributed by atoms with Gasteiger partial charge in [0.15, 0.2) is 16.7 Å². The quantitative estimate of drug-likeness (QED) is 0.122. The number of aromatic nitrogens is 2.